The average Bonchev–Trinajstić information content (AvgIpc) is 3.08. The highest BCUT2D eigenvalue weighted by molar-refractivity contribution is 6.22. The largest absolute Gasteiger partial charge is 0.497 e. The molecule has 32 heavy (non-hydrogen) atoms. The van der Waals surface area contributed by atoms with Gasteiger partial charge in [-0.25, -0.2) is 4.79 Å². The van der Waals surface area contributed by atoms with Crippen LogP contribution in [0.2, 0.25) is 0 Å². The Kier molecular flexibility index (Phi) is 6.20. The minimum atomic E-state index is -0.718. The molecule has 2 fully saturated rings. The maximum atomic E-state index is 12.8. The van der Waals surface area contributed by atoms with Crippen LogP contribution < -0.4 is 15.0 Å². The van der Waals surface area contributed by atoms with Crippen molar-refractivity contribution in [2.24, 2.45) is 11.8 Å². The number of hydrogen-bond acceptors (Lipinski definition) is 6. The summed E-state index contributed by atoms with van der Waals surface area (Å²) in [7, 11) is 1.52. The Labute approximate surface area is 185 Å². The number of esters is 1. The lowest BCUT2D eigenvalue weighted by atomic mass is 9.81. The average molecular weight is 436 g/mol. The molecular formula is C24H24N2O6. The van der Waals surface area contributed by atoms with Crippen LogP contribution in [0.5, 0.6) is 5.75 Å². The van der Waals surface area contributed by atoms with E-state index in [0.717, 1.165) is 25.7 Å². The highest BCUT2D eigenvalue weighted by Gasteiger charge is 2.48. The summed E-state index contributed by atoms with van der Waals surface area (Å²) < 4.78 is 10.2. The van der Waals surface area contributed by atoms with Crippen LogP contribution in [0.4, 0.5) is 11.4 Å². The number of anilines is 2. The molecule has 0 bridgehead atoms. The van der Waals surface area contributed by atoms with Crippen molar-refractivity contribution in [1.82, 2.24) is 0 Å². The van der Waals surface area contributed by atoms with Crippen molar-refractivity contribution in [3.05, 3.63) is 54.1 Å². The Morgan fingerprint density at radius 2 is 1.69 bits per heavy atom. The van der Waals surface area contributed by atoms with Crippen LogP contribution >= 0.6 is 0 Å². The van der Waals surface area contributed by atoms with E-state index in [0.29, 0.717) is 17.1 Å². The maximum Gasteiger partial charge on any atom is 0.338 e. The van der Waals surface area contributed by atoms with Crippen LogP contribution in [0.15, 0.2) is 48.5 Å². The number of ether oxygens (including phenoxy) is 2. The lowest BCUT2D eigenvalue weighted by Crippen LogP contribution is -2.31. The summed E-state index contributed by atoms with van der Waals surface area (Å²) in [5.74, 6) is -1.59. The van der Waals surface area contributed by atoms with Gasteiger partial charge in [0.1, 0.15) is 5.75 Å². The first kappa shape index (κ1) is 21.5. The van der Waals surface area contributed by atoms with Gasteiger partial charge >= 0.3 is 5.97 Å². The van der Waals surface area contributed by atoms with Gasteiger partial charge in [-0.15, -0.1) is 0 Å². The zero-order valence-electron chi connectivity index (χ0n) is 17.7. The quantitative estimate of drug-likeness (QED) is 0.551. The third-order valence-electron chi connectivity index (χ3n) is 5.87. The van der Waals surface area contributed by atoms with Crippen molar-refractivity contribution in [3.8, 4) is 5.75 Å². The van der Waals surface area contributed by atoms with Gasteiger partial charge in [-0.1, -0.05) is 25.0 Å². The molecule has 166 valence electrons. The maximum absolute atomic E-state index is 12.8. The van der Waals surface area contributed by atoms with E-state index < -0.39 is 18.5 Å². The molecule has 0 unspecified atom stereocenters. The predicted molar refractivity (Wildman–Crippen MR) is 116 cm³/mol. The third-order valence-corrected chi connectivity index (χ3v) is 5.87. The second-order valence-electron chi connectivity index (χ2n) is 7.92. The summed E-state index contributed by atoms with van der Waals surface area (Å²) in [5, 5.41) is 2.63. The molecule has 0 aromatic heterocycles. The lowest BCUT2D eigenvalue weighted by molar-refractivity contribution is -0.122. The number of rotatable bonds is 6. The topological polar surface area (TPSA) is 102 Å². The second-order valence-corrected chi connectivity index (χ2v) is 7.92. The molecule has 1 aliphatic carbocycles. The molecule has 1 N–H and O–H groups in total. The molecule has 8 heteroatoms. The van der Waals surface area contributed by atoms with Crippen LogP contribution in [0.25, 0.3) is 0 Å². The molecule has 2 atom stereocenters. The molecular weight excluding hydrogens is 412 g/mol. The van der Waals surface area contributed by atoms with Crippen LogP contribution in [0.1, 0.15) is 36.0 Å². The summed E-state index contributed by atoms with van der Waals surface area (Å²) >= 11 is 0. The third kappa shape index (κ3) is 4.34. The van der Waals surface area contributed by atoms with Crippen molar-refractivity contribution in [2.75, 3.05) is 23.9 Å². The van der Waals surface area contributed by atoms with Gasteiger partial charge in [0.25, 0.3) is 5.91 Å². The minimum Gasteiger partial charge on any atom is -0.497 e. The first-order valence-corrected chi connectivity index (χ1v) is 10.6. The van der Waals surface area contributed by atoms with E-state index in [1.807, 2.05) is 0 Å². The summed E-state index contributed by atoms with van der Waals surface area (Å²) in [6, 6.07) is 13.0. The fourth-order valence-corrected chi connectivity index (χ4v) is 4.30. The van der Waals surface area contributed by atoms with E-state index in [2.05, 4.69) is 5.32 Å². The molecule has 8 nitrogen and oxygen atoms in total. The van der Waals surface area contributed by atoms with Gasteiger partial charge in [0.2, 0.25) is 11.8 Å². The van der Waals surface area contributed by atoms with E-state index in [4.69, 9.17) is 9.47 Å². The molecule has 1 aliphatic heterocycles. The first-order chi connectivity index (χ1) is 15.5. The summed E-state index contributed by atoms with van der Waals surface area (Å²) in [6.07, 6.45) is 3.32. The van der Waals surface area contributed by atoms with Crippen molar-refractivity contribution in [1.29, 1.82) is 0 Å². The van der Waals surface area contributed by atoms with E-state index in [1.165, 1.54) is 24.1 Å². The van der Waals surface area contributed by atoms with Gasteiger partial charge in [0, 0.05) is 11.8 Å². The van der Waals surface area contributed by atoms with Gasteiger partial charge in [0.05, 0.1) is 30.2 Å². The predicted octanol–water partition coefficient (Wildman–Crippen LogP) is 3.17. The Balaban J connectivity index is 1.39. The Morgan fingerprint density at radius 1 is 1.00 bits per heavy atom. The number of methoxy groups -OCH3 is 1. The Hall–Kier alpha value is -3.68. The molecule has 1 heterocycles. The fraction of sp³-hybridized carbons (Fsp3) is 0.333. The van der Waals surface area contributed by atoms with E-state index >= 15 is 0 Å². The van der Waals surface area contributed by atoms with Crippen LogP contribution in [-0.2, 0) is 19.1 Å². The minimum absolute atomic E-state index is 0.159. The summed E-state index contributed by atoms with van der Waals surface area (Å²) in [6.45, 7) is -0.480. The SMILES string of the molecule is COc1cccc(NC(=O)COC(=O)c2cccc(N3C(=O)[C@@H]4CCCC[C@H]4C3=O)c2)c1. The lowest BCUT2D eigenvalue weighted by Gasteiger charge is -2.19. The summed E-state index contributed by atoms with van der Waals surface area (Å²) in [5.41, 5.74) is 1.02. The molecule has 1 saturated carbocycles. The van der Waals surface area contributed by atoms with Gasteiger partial charge in [-0.2, -0.15) is 0 Å². The number of carbonyl (C=O) groups excluding carboxylic acids is 4. The monoisotopic (exact) mass is 436 g/mol. The molecule has 2 aromatic rings. The molecule has 0 spiro atoms. The van der Waals surface area contributed by atoms with E-state index in [1.54, 1.807) is 36.4 Å². The van der Waals surface area contributed by atoms with Crippen molar-refractivity contribution < 1.29 is 28.7 Å². The standard InChI is InChI=1S/C24H24N2O6/c1-31-18-9-5-7-16(13-18)25-21(27)14-32-24(30)15-6-4-8-17(12-15)26-22(28)19-10-2-3-11-20(19)23(26)29/h4-9,12-13,19-20H,2-3,10-11,14H2,1H3,(H,25,27)/t19-,20-/m1/s1. The van der Waals surface area contributed by atoms with Crippen molar-refractivity contribution in [2.45, 2.75) is 25.7 Å². The zero-order valence-corrected chi connectivity index (χ0v) is 17.7. The number of nitrogens with zero attached hydrogens (tertiary/aromatic N) is 1. The summed E-state index contributed by atoms with van der Waals surface area (Å²) in [4.78, 5) is 51.4. The highest BCUT2D eigenvalue weighted by atomic mass is 16.5. The van der Waals surface area contributed by atoms with Gasteiger partial charge in [-0.3, -0.25) is 19.3 Å². The van der Waals surface area contributed by atoms with E-state index in [-0.39, 0.29) is 29.2 Å². The highest BCUT2D eigenvalue weighted by Crippen LogP contribution is 2.40. The molecule has 4 rings (SSSR count). The number of imide groups is 1. The number of fused-ring (bicyclic) bond motifs is 1. The Bertz CT molecular complexity index is 1040. The van der Waals surface area contributed by atoms with Crippen molar-refractivity contribution >= 4 is 35.1 Å². The van der Waals surface area contributed by atoms with Gasteiger partial charge < -0.3 is 14.8 Å². The zero-order chi connectivity index (χ0) is 22.7. The van der Waals surface area contributed by atoms with E-state index in [9.17, 15) is 19.2 Å². The number of nitrogens with one attached hydrogen (secondary N) is 1. The fourth-order valence-electron chi connectivity index (χ4n) is 4.30. The normalized spacial score (nSPS) is 20.0. The number of carbonyl (C=O) groups is 4. The second kappa shape index (κ2) is 9.21. The smallest absolute Gasteiger partial charge is 0.338 e. The molecule has 2 aromatic carbocycles. The first-order valence-electron chi connectivity index (χ1n) is 10.6. The molecule has 1 saturated heterocycles. The Morgan fingerprint density at radius 3 is 2.38 bits per heavy atom. The van der Waals surface area contributed by atoms with Gasteiger partial charge in [0.15, 0.2) is 6.61 Å². The molecule has 3 amide bonds. The number of benzene rings is 2. The van der Waals surface area contributed by atoms with Crippen molar-refractivity contribution in [3.63, 3.8) is 0 Å². The molecule has 2 aliphatic rings. The van der Waals surface area contributed by atoms with Crippen LogP contribution in [-0.4, -0.2) is 37.4 Å². The molecule has 0 radical (unpaired) electrons. The van der Waals surface area contributed by atoms with Crippen LogP contribution in [0, 0.1) is 11.8 Å². The van der Waals surface area contributed by atoms with Gasteiger partial charge in [-0.05, 0) is 43.2 Å². The van der Waals surface area contributed by atoms with Crippen LogP contribution in [0.3, 0.4) is 0 Å². The number of hydrogen-bond donors (Lipinski definition) is 1. The number of amides is 3.